The van der Waals surface area contributed by atoms with E-state index in [0.29, 0.717) is 18.9 Å². The molecule has 23 heavy (non-hydrogen) atoms. The van der Waals surface area contributed by atoms with Gasteiger partial charge < -0.3 is 15.0 Å². The van der Waals surface area contributed by atoms with E-state index in [4.69, 9.17) is 4.74 Å². The first-order valence-electron chi connectivity index (χ1n) is 7.61. The van der Waals surface area contributed by atoms with Crippen LogP contribution in [0.3, 0.4) is 0 Å². The monoisotopic (exact) mass is 316 g/mol. The summed E-state index contributed by atoms with van der Waals surface area (Å²) in [5.74, 6) is 1.42. The van der Waals surface area contributed by atoms with Gasteiger partial charge in [-0.05, 0) is 38.0 Å². The Labute approximate surface area is 134 Å². The number of aryl methyl sites for hydroxylation is 1. The van der Waals surface area contributed by atoms with Gasteiger partial charge in [0, 0.05) is 25.3 Å². The Hall–Kier alpha value is -2.64. The molecule has 1 N–H and O–H groups in total. The molecular weight excluding hydrogens is 296 g/mol. The molecule has 0 radical (unpaired) electrons. The summed E-state index contributed by atoms with van der Waals surface area (Å²) in [6.07, 6.45) is 3.31. The van der Waals surface area contributed by atoms with Crippen molar-refractivity contribution in [1.29, 1.82) is 0 Å². The van der Waals surface area contributed by atoms with E-state index in [1.54, 1.807) is 9.58 Å². The van der Waals surface area contributed by atoms with Gasteiger partial charge in [-0.15, -0.1) is 10.2 Å². The maximum Gasteiger partial charge on any atom is 0.409 e. The number of amides is 1. The second-order valence-electron chi connectivity index (χ2n) is 5.55. The van der Waals surface area contributed by atoms with Crippen LogP contribution < -0.4 is 5.32 Å². The van der Waals surface area contributed by atoms with Gasteiger partial charge in [-0.25, -0.2) is 9.48 Å². The first-order valence-corrected chi connectivity index (χ1v) is 7.61. The normalized spacial score (nSPS) is 15.5. The Bertz CT molecular complexity index is 661. The van der Waals surface area contributed by atoms with Crippen LogP contribution in [0.15, 0.2) is 24.4 Å². The summed E-state index contributed by atoms with van der Waals surface area (Å²) in [6.45, 7) is 3.30. The van der Waals surface area contributed by atoms with Gasteiger partial charge in [-0.3, -0.25) is 0 Å². The Morgan fingerprint density at radius 1 is 1.26 bits per heavy atom. The van der Waals surface area contributed by atoms with E-state index in [0.717, 1.165) is 24.4 Å². The standard InChI is InChI=1S/C15H20N6O2/c1-11-5-10-21(19-11)14-4-3-13(17-18-14)16-12-6-8-20(9-7-12)15(22)23-2/h3-5,10,12H,6-9H2,1-2H3,(H,16,17). The van der Waals surface area contributed by atoms with Gasteiger partial charge in [0.15, 0.2) is 5.82 Å². The van der Waals surface area contributed by atoms with Crippen molar-refractivity contribution in [3.05, 3.63) is 30.1 Å². The molecular formula is C15H20N6O2. The summed E-state index contributed by atoms with van der Waals surface area (Å²) >= 11 is 0. The van der Waals surface area contributed by atoms with Gasteiger partial charge in [0.1, 0.15) is 5.82 Å². The third-order valence-corrected chi connectivity index (χ3v) is 3.89. The number of piperidine rings is 1. The Morgan fingerprint density at radius 2 is 2.04 bits per heavy atom. The van der Waals surface area contributed by atoms with Crippen molar-refractivity contribution in [3.63, 3.8) is 0 Å². The predicted octanol–water partition coefficient (Wildman–Crippen LogP) is 1.61. The number of hydrogen-bond donors (Lipinski definition) is 1. The lowest BCUT2D eigenvalue weighted by atomic mass is 10.1. The first kappa shape index (κ1) is 15.3. The van der Waals surface area contributed by atoms with Gasteiger partial charge >= 0.3 is 6.09 Å². The average molecular weight is 316 g/mol. The van der Waals surface area contributed by atoms with E-state index in [1.807, 2.05) is 31.3 Å². The highest BCUT2D eigenvalue weighted by molar-refractivity contribution is 5.67. The minimum atomic E-state index is -0.262. The molecule has 3 rings (SSSR count). The number of anilines is 1. The quantitative estimate of drug-likeness (QED) is 0.926. The maximum atomic E-state index is 11.5. The number of rotatable bonds is 3. The minimum Gasteiger partial charge on any atom is -0.453 e. The largest absolute Gasteiger partial charge is 0.453 e. The van der Waals surface area contributed by atoms with Crippen LogP contribution in [0.4, 0.5) is 10.6 Å². The number of carbonyl (C=O) groups is 1. The fourth-order valence-electron chi connectivity index (χ4n) is 2.61. The topological polar surface area (TPSA) is 85.2 Å². The van der Waals surface area contributed by atoms with Crippen molar-refractivity contribution >= 4 is 11.9 Å². The number of nitrogens with one attached hydrogen (secondary N) is 1. The second kappa shape index (κ2) is 6.64. The molecule has 0 saturated carbocycles. The van der Waals surface area contributed by atoms with Crippen LogP contribution in [-0.4, -0.2) is 57.2 Å². The van der Waals surface area contributed by atoms with Crippen LogP contribution in [0.1, 0.15) is 18.5 Å². The molecule has 0 aliphatic carbocycles. The molecule has 2 aromatic heterocycles. The summed E-state index contributed by atoms with van der Waals surface area (Å²) < 4.78 is 6.43. The fourth-order valence-corrected chi connectivity index (χ4v) is 2.61. The maximum absolute atomic E-state index is 11.5. The Morgan fingerprint density at radius 3 is 2.61 bits per heavy atom. The molecule has 0 aromatic carbocycles. The number of ether oxygens (including phenoxy) is 1. The van der Waals surface area contributed by atoms with Crippen LogP contribution in [0.25, 0.3) is 5.82 Å². The molecule has 1 fully saturated rings. The highest BCUT2D eigenvalue weighted by Crippen LogP contribution is 2.16. The number of likely N-dealkylation sites (tertiary alicyclic amines) is 1. The molecule has 1 aliphatic heterocycles. The van der Waals surface area contributed by atoms with Gasteiger partial charge in [-0.1, -0.05) is 0 Å². The number of aromatic nitrogens is 4. The fraction of sp³-hybridized carbons (Fsp3) is 0.467. The van der Waals surface area contributed by atoms with Crippen molar-refractivity contribution in [2.24, 2.45) is 0 Å². The summed E-state index contributed by atoms with van der Waals surface area (Å²) in [5, 5.41) is 16.1. The average Bonchev–Trinajstić information content (AvgIpc) is 3.02. The Balaban J connectivity index is 1.56. The molecule has 0 spiro atoms. The second-order valence-corrected chi connectivity index (χ2v) is 5.55. The first-order chi connectivity index (χ1) is 11.2. The van der Waals surface area contributed by atoms with E-state index >= 15 is 0 Å². The molecule has 1 amide bonds. The zero-order valence-corrected chi connectivity index (χ0v) is 13.3. The van der Waals surface area contributed by atoms with Gasteiger partial charge in [0.05, 0.1) is 12.8 Å². The summed E-state index contributed by atoms with van der Waals surface area (Å²) in [6, 6.07) is 5.98. The SMILES string of the molecule is COC(=O)N1CCC(Nc2ccc(-n3ccc(C)n3)nn2)CC1. The van der Waals surface area contributed by atoms with E-state index in [-0.39, 0.29) is 12.1 Å². The third kappa shape index (κ3) is 3.58. The van der Waals surface area contributed by atoms with Crippen molar-refractivity contribution in [1.82, 2.24) is 24.9 Å². The zero-order chi connectivity index (χ0) is 16.2. The number of nitrogens with zero attached hydrogens (tertiary/aromatic N) is 5. The molecule has 8 nitrogen and oxygen atoms in total. The number of hydrogen-bond acceptors (Lipinski definition) is 6. The summed E-state index contributed by atoms with van der Waals surface area (Å²) in [7, 11) is 1.41. The molecule has 0 bridgehead atoms. The van der Waals surface area contributed by atoms with E-state index in [1.165, 1.54) is 7.11 Å². The van der Waals surface area contributed by atoms with Crippen molar-refractivity contribution in [2.75, 3.05) is 25.5 Å². The minimum absolute atomic E-state index is 0.262. The van der Waals surface area contributed by atoms with E-state index < -0.39 is 0 Å². The molecule has 2 aromatic rings. The van der Waals surface area contributed by atoms with Crippen LogP contribution in [-0.2, 0) is 4.74 Å². The molecule has 1 saturated heterocycles. The third-order valence-electron chi connectivity index (χ3n) is 3.89. The lowest BCUT2D eigenvalue weighted by molar-refractivity contribution is 0.113. The molecule has 8 heteroatoms. The molecule has 122 valence electrons. The summed E-state index contributed by atoms with van der Waals surface area (Å²) in [4.78, 5) is 13.2. The van der Waals surface area contributed by atoms with Crippen LogP contribution in [0.2, 0.25) is 0 Å². The van der Waals surface area contributed by atoms with Crippen molar-refractivity contribution in [3.8, 4) is 5.82 Å². The summed E-state index contributed by atoms with van der Waals surface area (Å²) in [5.41, 5.74) is 0.936. The van der Waals surface area contributed by atoms with Crippen LogP contribution in [0, 0.1) is 6.92 Å². The highest BCUT2D eigenvalue weighted by atomic mass is 16.5. The van der Waals surface area contributed by atoms with Crippen LogP contribution in [0.5, 0.6) is 0 Å². The molecule has 3 heterocycles. The van der Waals surface area contributed by atoms with Crippen molar-refractivity contribution < 1.29 is 9.53 Å². The van der Waals surface area contributed by atoms with E-state index in [9.17, 15) is 4.79 Å². The van der Waals surface area contributed by atoms with Gasteiger partial charge in [0.25, 0.3) is 0 Å². The zero-order valence-electron chi connectivity index (χ0n) is 13.3. The highest BCUT2D eigenvalue weighted by Gasteiger charge is 2.23. The van der Waals surface area contributed by atoms with Crippen molar-refractivity contribution in [2.45, 2.75) is 25.8 Å². The predicted molar refractivity (Wildman–Crippen MR) is 84.5 cm³/mol. The number of carbonyl (C=O) groups excluding carboxylic acids is 1. The number of methoxy groups -OCH3 is 1. The molecule has 1 aliphatic rings. The van der Waals surface area contributed by atoms with E-state index in [2.05, 4.69) is 20.6 Å². The molecule has 0 atom stereocenters. The lowest BCUT2D eigenvalue weighted by Crippen LogP contribution is -2.42. The Kier molecular flexibility index (Phi) is 4.40. The van der Waals surface area contributed by atoms with Gasteiger partial charge in [-0.2, -0.15) is 5.10 Å². The lowest BCUT2D eigenvalue weighted by Gasteiger charge is -2.31. The molecule has 0 unspecified atom stereocenters. The smallest absolute Gasteiger partial charge is 0.409 e. The van der Waals surface area contributed by atoms with Gasteiger partial charge in [0.2, 0.25) is 0 Å². The van der Waals surface area contributed by atoms with Crippen LogP contribution >= 0.6 is 0 Å².